The highest BCUT2D eigenvalue weighted by Gasteiger charge is 2.14. The molecule has 1 aromatic carbocycles. The molecule has 1 aromatic heterocycles. The van der Waals surface area contributed by atoms with Crippen LogP contribution in [0.25, 0.3) is 0 Å². The Balaban J connectivity index is 2.29. The maximum Gasteiger partial charge on any atom is 0.271 e. The highest BCUT2D eigenvalue weighted by molar-refractivity contribution is 6.05. The Labute approximate surface area is 118 Å². The number of pyridine rings is 1. The van der Waals surface area contributed by atoms with Gasteiger partial charge in [0.2, 0.25) is 5.95 Å². The predicted octanol–water partition coefficient (Wildman–Crippen LogP) is 2.39. The number of ether oxygens (including phenoxy) is 1. The third-order valence-corrected chi connectivity index (χ3v) is 2.63. The van der Waals surface area contributed by atoms with E-state index in [4.69, 9.17) is 4.74 Å². The van der Waals surface area contributed by atoms with E-state index in [0.717, 1.165) is 12.3 Å². The molecule has 21 heavy (non-hydrogen) atoms. The number of aromatic nitrogens is 1. The van der Waals surface area contributed by atoms with Gasteiger partial charge in [-0.15, -0.1) is 0 Å². The van der Waals surface area contributed by atoms with Gasteiger partial charge in [-0.2, -0.15) is 4.39 Å². The highest BCUT2D eigenvalue weighted by Crippen LogP contribution is 2.29. The Morgan fingerprint density at radius 2 is 2.14 bits per heavy atom. The summed E-state index contributed by atoms with van der Waals surface area (Å²) in [6.07, 6.45) is 1.06. The molecule has 2 rings (SSSR count). The molecule has 0 spiro atoms. The first-order chi connectivity index (χ1) is 10.0. The van der Waals surface area contributed by atoms with E-state index in [9.17, 15) is 19.3 Å². The summed E-state index contributed by atoms with van der Waals surface area (Å²) < 4.78 is 17.7. The van der Waals surface area contributed by atoms with Crippen molar-refractivity contribution in [1.29, 1.82) is 0 Å². The summed E-state index contributed by atoms with van der Waals surface area (Å²) in [7, 11) is 1.37. The molecule has 0 unspecified atom stereocenters. The van der Waals surface area contributed by atoms with Crippen LogP contribution in [0, 0.1) is 16.1 Å². The van der Waals surface area contributed by atoms with Crippen LogP contribution in [0.2, 0.25) is 0 Å². The first-order valence-corrected chi connectivity index (χ1v) is 5.76. The minimum Gasteiger partial charge on any atom is -0.495 e. The fraction of sp³-hybridized carbons (Fsp3) is 0.0769. The molecule has 0 bridgehead atoms. The van der Waals surface area contributed by atoms with E-state index in [2.05, 4.69) is 10.3 Å². The van der Waals surface area contributed by atoms with Gasteiger partial charge < -0.3 is 10.1 Å². The van der Waals surface area contributed by atoms with Gasteiger partial charge in [-0.3, -0.25) is 14.9 Å². The number of carbonyl (C=O) groups excluding carboxylic acids is 1. The lowest BCUT2D eigenvalue weighted by molar-refractivity contribution is -0.384. The van der Waals surface area contributed by atoms with E-state index in [1.54, 1.807) is 0 Å². The number of hydrogen-bond acceptors (Lipinski definition) is 5. The van der Waals surface area contributed by atoms with E-state index in [-0.39, 0.29) is 22.7 Å². The number of non-ortho nitro benzene ring substituents is 1. The zero-order valence-electron chi connectivity index (χ0n) is 10.9. The lowest BCUT2D eigenvalue weighted by atomic mass is 10.2. The molecule has 2 aromatic rings. The fourth-order valence-electron chi connectivity index (χ4n) is 1.61. The first-order valence-electron chi connectivity index (χ1n) is 5.76. The summed E-state index contributed by atoms with van der Waals surface area (Å²) in [6, 6.07) is 6.10. The number of carbonyl (C=O) groups is 1. The van der Waals surface area contributed by atoms with Crippen molar-refractivity contribution in [2.75, 3.05) is 12.4 Å². The molecule has 7 nitrogen and oxygen atoms in total. The standard InChI is InChI=1S/C13H10FN3O4/c1-21-11-4-3-9(17(19)20)6-10(11)16-13(18)8-2-5-12(14)15-7-8/h2-7H,1H3,(H,16,18). The van der Waals surface area contributed by atoms with E-state index < -0.39 is 16.8 Å². The Kier molecular flexibility index (Phi) is 4.07. The smallest absolute Gasteiger partial charge is 0.271 e. The van der Waals surface area contributed by atoms with Crippen LogP contribution in [0.15, 0.2) is 36.5 Å². The maximum absolute atomic E-state index is 12.7. The van der Waals surface area contributed by atoms with E-state index in [0.29, 0.717) is 0 Å². The zero-order valence-corrected chi connectivity index (χ0v) is 10.9. The number of rotatable bonds is 4. The molecule has 0 saturated heterocycles. The Morgan fingerprint density at radius 3 is 2.71 bits per heavy atom. The number of nitro benzene ring substituents is 1. The SMILES string of the molecule is COc1ccc([N+](=O)[O-])cc1NC(=O)c1ccc(F)nc1. The number of nitrogens with zero attached hydrogens (tertiary/aromatic N) is 2. The minimum atomic E-state index is -0.709. The summed E-state index contributed by atoms with van der Waals surface area (Å²) >= 11 is 0. The minimum absolute atomic E-state index is 0.116. The van der Waals surface area contributed by atoms with E-state index in [1.165, 1.54) is 31.4 Å². The summed E-state index contributed by atoms with van der Waals surface area (Å²) in [6.45, 7) is 0. The molecular weight excluding hydrogens is 281 g/mol. The average molecular weight is 291 g/mol. The van der Waals surface area contributed by atoms with Gasteiger partial charge in [-0.25, -0.2) is 4.98 Å². The van der Waals surface area contributed by atoms with E-state index in [1.807, 2.05) is 0 Å². The van der Waals surface area contributed by atoms with Crippen LogP contribution in [0.3, 0.4) is 0 Å². The van der Waals surface area contributed by atoms with Gasteiger partial charge in [-0.1, -0.05) is 0 Å². The molecule has 8 heteroatoms. The molecule has 1 N–H and O–H groups in total. The second-order valence-corrected chi connectivity index (χ2v) is 3.97. The number of benzene rings is 1. The van der Waals surface area contributed by atoms with Gasteiger partial charge in [0.1, 0.15) is 5.75 Å². The largest absolute Gasteiger partial charge is 0.495 e. The van der Waals surface area contributed by atoms with Crippen molar-refractivity contribution in [3.63, 3.8) is 0 Å². The van der Waals surface area contributed by atoms with Crippen molar-refractivity contribution in [2.24, 2.45) is 0 Å². The first kappa shape index (κ1) is 14.4. The van der Waals surface area contributed by atoms with Crippen LogP contribution in [0.4, 0.5) is 15.8 Å². The van der Waals surface area contributed by atoms with Crippen LogP contribution >= 0.6 is 0 Å². The molecule has 0 aliphatic heterocycles. The number of anilines is 1. The summed E-state index contributed by atoms with van der Waals surface area (Å²) in [4.78, 5) is 25.5. The van der Waals surface area contributed by atoms with Crippen LogP contribution in [-0.2, 0) is 0 Å². The molecule has 0 radical (unpaired) electrons. The van der Waals surface area contributed by atoms with Crippen molar-refractivity contribution in [1.82, 2.24) is 4.98 Å². The molecule has 0 aliphatic rings. The van der Waals surface area contributed by atoms with Crippen molar-refractivity contribution >= 4 is 17.3 Å². The molecule has 1 amide bonds. The average Bonchev–Trinajstić information content (AvgIpc) is 2.47. The van der Waals surface area contributed by atoms with Crippen LogP contribution in [0.1, 0.15) is 10.4 Å². The molecular formula is C13H10FN3O4. The third-order valence-electron chi connectivity index (χ3n) is 2.63. The maximum atomic E-state index is 12.7. The molecule has 108 valence electrons. The lowest BCUT2D eigenvalue weighted by Crippen LogP contribution is -2.13. The Hall–Kier alpha value is -3.03. The molecule has 0 fully saturated rings. The van der Waals surface area contributed by atoms with Crippen LogP contribution in [0.5, 0.6) is 5.75 Å². The Bertz CT molecular complexity index is 688. The van der Waals surface area contributed by atoms with Gasteiger partial charge in [0.05, 0.1) is 23.3 Å². The second kappa shape index (κ2) is 5.95. The predicted molar refractivity (Wildman–Crippen MR) is 71.8 cm³/mol. The second-order valence-electron chi connectivity index (χ2n) is 3.97. The number of halogens is 1. The van der Waals surface area contributed by atoms with Crippen molar-refractivity contribution in [3.8, 4) is 5.75 Å². The number of hydrogen-bond donors (Lipinski definition) is 1. The third kappa shape index (κ3) is 3.30. The van der Waals surface area contributed by atoms with Gasteiger partial charge in [0, 0.05) is 18.3 Å². The van der Waals surface area contributed by atoms with E-state index >= 15 is 0 Å². The van der Waals surface area contributed by atoms with Crippen LogP contribution in [-0.4, -0.2) is 22.9 Å². The van der Waals surface area contributed by atoms with Crippen molar-refractivity contribution in [3.05, 3.63) is 58.2 Å². The number of nitro groups is 1. The van der Waals surface area contributed by atoms with Gasteiger partial charge in [0.25, 0.3) is 11.6 Å². The topological polar surface area (TPSA) is 94.4 Å². The normalized spacial score (nSPS) is 10.0. The van der Waals surface area contributed by atoms with Gasteiger partial charge in [0.15, 0.2) is 0 Å². The summed E-state index contributed by atoms with van der Waals surface area (Å²) in [5.41, 5.74) is 0.0642. The number of nitrogens with one attached hydrogen (secondary N) is 1. The lowest BCUT2D eigenvalue weighted by Gasteiger charge is -2.09. The summed E-state index contributed by atoms with van der Waals surface area (Å²) in [5.74, 6) is -1.02. The van der Waals surface area contributed by atoms with Crippen LogP contribution < -0.4 is 10.1 Å². The van der Waals surface area contributed by atoms with Gasteiger partial charge in [-0.05, 0) is 18.2 Å². The monoisotopic (exact) mass is 291 g/mol. The van der Waals surface area contributed by atoms with Gasteiger partial charge >= 0.3 is 0 Å². The summed E-state index contributed by atoms with van der Waals surface area (Å²) in [5, 5.41) is 13.2. The quantitative estimate of drug-likeness (QED) is 0.530. The molecule has 0 atom stereocenters. The number of methoxy groups -OCH3 is 1. The van der Waals surface area contributed by atoms with Crippen molar-refractivity contribution < 1.29 is 18.8 Å². The van der Waals surface area contributed by atoms with Crippen molar-refractivity contribution in [2.45, 2.75) is 0 Å². The molecule has 0 saturated carbocycles. The Morgan fingerprint density at radius 1 is 1.38 bits per heavy atom. The molecule has 0 aliphatic carbocycles. The number of amides is 1. The molecule has 1 heterocycles. The zero-order chi connectivity index (χ0) is 15.4. The highest BCUT2D eigenvalue weighted by atomic mass is 19.1. The fourth-order valence-corrected chi connectivity index (χ4v) is 1.61.